The molecule has 0 radical (unpaired) electrons. The molecule has 25 heavy (non-hydrogen) atoms. The van der Waals surface area contributed by atoms with Gasteiger partial charge in [-0.25, -0.2) is 0 Å². The van der Waals surface area contributed by atoms with Gasteiger partial charge in [0.25, 0.3) is 0 Å². The van der Waals surface area contributed by atoms with Gasteiger partial charge in [-0.15, -0.1) is 10.2 Å². The number of rotatable bonds is 6. The van der Waals surface area contributed by atoms with Gasteiger partial charge in [-0.2, -0.15) is 4.80 Å². The minimum Gasteiger partial charge on any atom is -0.491 e. The van der Waals surface area contributed by atoms with Gasteiger partial charge >= 0.3 is 0 Å². The van der Waals surface area contributed by atoms with E-state index in [-0.39, 0.29) is 13.2 Å². The van der Waals surface area contributed by atoms with Gasteiger partial charge in [0.05, 0.1) is 6.54 Å². The number of aromatic nitrogens is 4. The summed E-state index contributed by atoms with van der Waals surface area (Å²) in [7, 11) is 0. The van der Waals surface area contributed by atoms with Gasteiger partial charge in [0.1, 0.15) is 18.5 Å². The highest BCUT2D eigenvalue weighted by Gasteiger charge is 2.13. The van der Waals surface area contributed by atoms with Crippen molar-refractivity contribution in [2.24, 2.45) is 0 Å². The lowest BCUT2D eigenvalue weighted by molar-refractivity contribution is 0.0846. The Morgan fingerprint density at radius 2 is 2.00 bits per heavy atom. The van der Waals surface area contributed by atoms with Crippen LogP contribution in [0, 0.1) is 13.8 Å². The molecule has 0 aliphatic rings. The van der Waals surface area contributed by atoms with E-state index in [9.17, 15) is 5.11 Å². The van der Waals surface area contributed by atoms with Crippen molar-refractivity contribution in [1.29, 1.82) is 0 Å². The van der Waals surface area contributed by atoms with Crippen LogP contribution in [0.5, 0.6) is 5.75 Å². The molecule has 0 amide bonds. The largest absolute Gasteiger partial charge is 0.491 e. The molecule has 3 aromatic rings. The molecule has 0 saturated carbocycles. The fraction of sp³-hybridized carbons (Fsp3) is 0.278. The predicted molar refractivity (Wildman–Crippen MR) is 98.4 cm³/mol. The van der Waals surface area contributed by atoms with Crippen molar-refractivity contribution in [2.45, 2.75) is 26.5 Å². The standard InChI is InChI=1S/C18H19BrN4O2/c1-12-7-8-13(2)17(9-12)25-11-14(24)10-23-21-18(20-22-23)15-5-3-4-6-16(15)19/h3-9,14,24H,10-11H2,1-2H3/t14-/m1/s1. The van der Waals surface area contributed by atoms with Crippen LogP contribution in [-0.4, -0.2) is 38.0 Å². The van der Waals surface area contributed by atoms with Gasteiger partial charge in [-0.1, -0.05) is 40.2 Å². The molecule has 7 heteroatoms. The van der Waals surface area contributed by atoms with Crippen molar-refractivity contribution in [3.63, 3.8) is 0 Å². The molecule has 0 saturated heterocycles. The van der Waals surface area contributed by atoms with Crippen LogP contribution in [0.25, 0.3) is 11.4 Å². The van der Waals surface area contributed by atoms with E-state index in [1.807, 2.05) is 56.3 Å². The van der Waals surface area contributed by atoms with E-state index in [1.165, 1.54) is 4.80 Å². The Morgan fingerprint density at radius 3 is 2.80 bits per heavy atom. The first-order valence-corrected chi connectivity index (χ1v) is 8.73. The van der Waals surface area contributed by atoms with E-state index in [0.29, 0.717) is 5.82 Å². The molecule has 0 spiro atoms. The number of nitrogens with zero attached hydrogens (tertiary/aromatic N) is 4. The summed E-state index contributed by atoms with van der Waals surface area (Å²) < 4.78 is 6.61. The summed E-state index contributed by atoms with van der Waals surface area (Å²) >= 11 is 3.47. The summed E-state index contributed by atoms with van der Waals surface area (Å²) in [6.07, 6.45) is -0.735. The molecule has 0 unspecified atom stereocenters. The number of halogens is 1. The van der Waals surface area contributed by atoms with Crippen LogP contribution in [0.15, 0.2) is 46.9 Å². The Morgan fingerprint density at radius 1 is 1.20 bits per heavy atom. The average molecular weight is 403 g/mol. The molecule has 1 N–H and O–H groups in total. The number of aryl methyl sites for hydroxylation is 2. The van der Waals surface area contributed by atoms with E-state index in [0.717, 1.165) is 26.9 Å². The first-order valence-electron chi connectivity index (χ1n) is 7.94. The van der Waals surface area contributed by atoms with Gasteiger partial charge in [0.15, 0.2) is 0 Å². The zero-order valence-electron chi connectivity index (χ0n) is 14.1. The molecule has 0 fully saturated rings. The summed E-state index contributed by atoms with van der Waals surface area (Å²) in [6, 6.07) is 13.6. The van der Waals surface area contributed by atoms with Crippen LogP contribution >= 0.6 is 15.9 Å². The highest BCUT2D eigenvalue weighted by Crippen LogP contribution is 2.24. The first kappa shape index (κ1) is 17.6. The normalized spacial score (nSPS) is 12.2. The Bertz CT molecular complexity index is 866. The predicted octanol–water partition coefficient (Wildman–Crippen LogP) is 3.16. The smallest absolute Gasteiger partial charge is 0.206 e. The maximum Gasteiger partial charge on any atom is 0.206 e. The number of tetrazole rings is 1. The van der Waals surface area contributed by atoms with Gasteiger partial charge < -0.3 is 9.84 Å². The second-order valence-electron chi connectivity index (χ2n) is 5.88. The van der Waals surface area contributed by atoms with Crippen molar-refractivity contribution in [3.8, 4) is 17.1 Å². The van der Waals surface area contributed by atoms with Gasteiger partial charge in [0, 0.05) is 10.0 Å². The van der Waals surface area contributed by atoms with Crippen molar-refractivity contribution >= 4 is 15.9 Å². The van der Waals surface area contributed by atoms with E-state index < -0.39 is 6.10 Å². The lowest BCUT2D eigenvalue weighted by atomic mass is 10.1. The van der Waals surface area contributed by atoms with Crippen LogP contribution < -0.4 is 4.74 Å². The third-order valence-corrected chi connectivity index (χ3v) is 4.41. The Labute approximate surface area is 154 Å². The number of hydrogen-bond donors (Lipinski definition) is 1. The Balaban J connectivity index is 1.61. The number of aliphatic hydroxyl groups excluding tert-OH is 1. The first-order chi connectivity index (χ1) is 12.0. The highest BCUT2D eigenvalue weighted by atomic mass is 79.9. The topological polar surface area (TPSA) is 73.1 Å². The molecule has 0 aliphatic heterocycles. The molecular formula is C18H19BrN4O2. The van der Waals surface area contributed by atoms with E-state index in [1.54, 1.807) is 0 Å². The van der Waals surface area contributed by atoms with Crippen molar-refractivity contribution in [2.75, 3.05) is 6.61 Å². The Kier molecular flexibility index (Phi) is 5.45. The minimum absolute atomic E-state index is 0.163. The van der Waals surface area contributed by atoms with Gasteiger partial charge in [-0.3, -0.25) is 0 Å². The molecule has 2 aromatic carbocycles. The molecule has 6 nitrogen and oxygen atoms in total. The second kappa shape index (κ2) is 7.76. The van der Waals surface area contributed by atoms with Crippen LogP contribution in [0.1, 0.15) is 11.1 Å². The number of ether oxygens (including phenoxy) is 1. The lowest BCUT2D eigenvalue weighted by Crippen LogP contribution is -2.25. The zero-order chi connectivity index (χ0) is 17.8. The summed E-state index contributed by atoms with van der Waals surface area (Å²) in [4.78, 5) is 1.38. The molecule has 130 valence electrons. The summed E-state index contributed by atoms with van der Waals surface area (Å²) in [5.74, 6) is 1.29. The van der Waals surface area contributed by atoms with Gasteiger partial charge in [-0.05, 0) is 48.4 Å². The van der Waals surface area contributed by atoms with Crippen LogP contribution in [0.2, 0.25) is 0 Å². The highest BCUT2D eigenvalue weighted by molar-refractivity contribution is 9.10. The summed E-state index contributed by atoms with van der Waals surface area (Å²) in [5, 5.41) is 22.6. The fourth-order valence-electron chi connectivity index (χ4n) is 2.36. The molecule has 0 aliphatic carbocycles. The van der Waals surface area contributed by atoms with Crippen molar-refractivity contribution in [3.05, 3.63) is 58.1 Å². The molecule has 3 rings (SSSR count). The maximum atomic E-state index is 10.2. The monoisotopic (exact) mass is 402 g/mol. The van der Waals surface area contributed by atoms with Crippen LogP contribution in [0.4, 0.5) is 0 Å². The average Bonchev–Trinajstić information content (AvgIpc) is 3.04. The molecule has 1 heterocycles. The van der Waals surface area contributed by atoms with Crippen molar-refractivity contribution in [1.82, 2.24) is 20.2 Å². The van der Waals surface area contributed by atoms with Gasteiger partial charge in [0.2, 0.25) is 5.82 Å². The van der Waals surface area contributed by atoms with Crippen LogP contribution in [0.3, 0.4) is 0 Å². The summed E-state index contributed by atoms with van der Waals surface area (Å²) in [6.45, 7) is 4.36. The maximum absolute atomic E-state index is 10.2. The molecule has 1 atom stereocenters. The number of hydrogen-bond acceptors (Lipinski definition) is 5. The number of benzene rings is 2. The SMILES string of the molecule is Cc1ccc(C)c(OC[C@H](O)Cn2nnc(-c3ccccc3Br)n2)c1. The van der Waals surface area contributed by atoms with E-state index in [4.69, 9.17) is 4.74 Å². The van der Waals surface area contributed by atoms with Crippen LogP contribution in [-0.2, 0) is 6.54 Å². The second-order valence-corrected chi connectivity index (χ2v) is 6.74. The quantitative estimate of drug-likeness (QED) is 0.685. The lowest BCUT2D eigenvalue weighted by Gasteiger charge is -2.13. The fourth-order valence-corrected chi connectivity index (χ4v) is 2.82. The molecule has 0 bridgehead atoms. The summed E-state index contributed by atoms with van der Waals surface area (Å²) in [5.41, 5.74) is 3.01. The minimum atomic E-state index is -0.735. The molecule has 1 aromatic heterocycles. The van der Waals surface area contributed by atoms with Crippen molar-refractivity contribution < 1.29 is 9.84 Å². The zero-order valence-corrected chi connectivity index (χ0v) is 15.6. The van der Waals surface area contributed by atoms with E-state index >= 15 is 0 Å². The Hall–Kier alpha value is -2.25. The third kappa shape index (κ3) is 4.43. The van der Waals surface area contributed by atoms with E-state index in [2.05, 4.69) is 31.3 Å². The third-order valence-electron chi connectivity index (χ3n) is 3.72. The number of aliphatic hydroxyl groups is 1. The molecular weight excluding hydrogens is 384 g/mol.